The highest BCUT2D eigenvalue weighted by Gasteiger charge is 2.15. The molecular weight excluding hydrogens is 270 g/mol. The molecule has 0 unspecified atom stereocenters. The summed E-state index contributed by atoms with van der Waals surface area (Å²) in [5.41, 5.74) is 0. The van der Waals surface area contributed by atoms with Crippen LogP contribution in [0.1, 0.15) is 12.8 Å². The molecule has 1 aromatic carbocycles. The number of carbonyl (C=O) groups is 1. The third-order valence-electron chi connectivity index (χ3n) is 2.97. The van der Waals surface area contributed by atoms with E-state index >= 15 is 0 Å². The predicted molar refractivity (Wildman–Crippen MR) is 71.1 cm³/mol. The van der Waals surface area contributed by atoms with Crippen molar-refractivity contribution in [3.63, 3.8) is 0 Å². The number of benzene rings is 1. The third kappa shape index (κ3) is 4.47. The Morgan fingerprint density at radius 1 is 1.32 bits per heavy atom. The van der Waals surface area contributed by atoms with Crippen LogP contribution in [0.4, 0.5) is 8.78 Å². The van der Waals surface area contributed by atoms with Gasteiger partial charge in [-0.05, 0) is 44.1 Å². The monoisotopic (exact) mass is 286 g/mol. The van der Waals surface area contributed by atoms with Gasteiger partial charge < -0.3 is 10.6 Å². The van der Waals surface area contributed by atoms with Crippen molar-refractivity contribution in [1.82, 2.24) is 10.6 Å². The molecule has 19 heavy (non-hydrogen) atoms. The maximum Gasteiger partial charge on any atom is 0.230 e. The van der Waals surface area contributed by atoms with E-state index < -0.39 is 11.6 Å². The van der Waals surface area contributed by atoms with Crippen LogP contribution in [-0.2, 0) is 4.79 Å². The molecule has 1 heterocycles. The van der Waals surface area contributed by atoms with Crippen LogP contribution in [0, 0.1) is 11.6 Å². The SMILES string of the molecule is O=C(CSc1ccc(F)c(F)c1)NC1CCNCC1. The van der Waals surface area contributed by atoms with E-state index in [1.807, 2.05) is 0 Å². The van der Waals surface area contributed by atoms with Gasteiger partial charge in [-0.25, -0.2) is 8.78 Å². The number of piperidine rings is 1. The summed E-state index contributed by atoms with van der Waals surface area (Å²) in [4.78, 5) is 12.3. The van der Waals surface area contributed by atoms with Crippen LogP contribution < -0.4 is 10.6 Å². The summed E-state index contributed by atoms with van der Waals surface area (Å²) in [6, 6.07) is 3.88. The topological polar surface area (TPSA) is 41.1 Å². The van der Waals surface area contributed by atoms with Crippen molar-refractivity contribution < 1.29 is 13.6 Å². The van der Waals surface area contributed by atoms with Crippen LogP contribution in [0.3, 0.4) is 0 Å². The molecule has 104 valence electrons. The van der Waals surface area contributed by atoms with Gasteiger partial charge in [-0.15, -0.1) is 11.8 Å². The Hall–Kier alpha value is -1.14. The number of hydrogen-bond donors (Lipinski definition) is 2. The first-order chi connectivity index (χ1) is 9.15. The van der Waals surface area contributed by atoms with E-state index in [1.54, 1.807) is 0 Å². The lowest BCUT2D eigenvalue weighted by atomic mass is 10.1. The predicted octanol–water partition coefficient (Wildman–Crippen LogP) is 1.93. The second kappa shape index (κ2) is 6.86. The van der Waals surface area contributed by atoms with Gasteiger partial charge in [0.05, 0.1) is 5.75 Å². The van der Waals surface area contributed by atoms with Crippen LogP contribution in [0.5, 0.6) is 0 Å². The molecular formula is C13H16F2N2OS. The van der Waals surface area contributed by atoms with Crippen molar-refractivity contribution in [3.8, 4) is 0 Å². The van der Waals surface area contributed by atoms with Crippen molar-refractivity contribution in [2.75, 3.05) is 18.8 Å². The first-order valence-corrected chi connectivity index (χ1v) is 7.21. The minimum Gasteiger partial charge on any atom is -0.353 e. The highest BCUT2D eigenvalue weighted by Crippen LogP contribution is 2.20. The van der Waals surface area contributed by atoms with Gasteiger partial charge in [0.1, 0.15) is 0 Å². The Bertz CT molecular complexity index is 450. The molecule has 1 amide bonds. The maximum atomic E-state index is 13.0. The molecule has 0 radical (unpaired) electrons. The first kappa shape index (κ1) is 14.3. The Morgan fingerprint density at radius 3 is 2.74 bits per heavy atom. The number of halogens is 2. The van der Waals surface area contributed by atoms with Crippen LogP contribution in [0.2, 0.25) is 0 Å². The van der Waals surface area contributed by atoms with E-state index in [9.17, 15) is 13.6 Å². The third-order valence-corrected chi connectivity index (χ3v) is 3.96. The van der Waals surface area contributed by atoms with Gasteiger partial charge in [0.15, 0.2) is 11.6 Å². The van der Waals surface area contributed by atoms with Crippen molar-refractivity contribution in [2.45, 2.75) is 23.8 Å². The zero-order valence-corrected chi connectivity index (χ0v) is 11.2. The fourth-order valence-electron chi connectivity index (χ4n) is 1.95. The molecule has 0 aromatic heterocycles. The van der Waals surface area contributed by atoms with Crippen molar-refractivity contribution >= 4 is 17.7 Å². The molecule has 1 aliphatic rings. The lowest BCUT2D eigenvalue weighted by Crippen LogP contribution is -2.43. The zero-order chi connectivity index (χ0) is 13.7. The van der Waals surface area contributed by atoms with E-state index in [-0.39, 0.29) is 17.7 Å². The molecule has 2 rings (SSSR count). The first-order valence-electron chi connectivity index (χ1n) is 6.23. The smallest absolute Gasteiger partial charge is 0.230 e. The molecule has 0 atom stereocenters. The number of nitrogens with one attached hydrogen (secondary N) is 2. The summed E-state index contributed by atoms with van der Waals surface area (Å²) < 4.78 is 25.7. The molecule has 0 bridgehead atoms. The molecule has 3 nitrogen and oxygen atoms in total. The fourth-order valence-corrected chi connectivity index (χ4v) is 2.68. The quantitative estimate of drug-likeness (QED) is 0.831. The lowest BCUT2D eigenvalue weighted by molar-refractivity contribution is -0.119. The number of rotatable bonds is 4. The number of carbonyl (C=O) groups excluding carboxylic acids is 1. The number of hydrogen-bond acceptors (Lipinski definition) is 3. The highest BCUT2D eigenvalue weighted by molar-refractivity contribution is 8.00. The van der Waals surface area contributed by atoms with Crippen LogP contribution >= 0.6 is 11.8 Å². The minimum absolute atomic E-state index is 0.0679. The molecule has 1 aliphatic heterocycles. The van der Waals surface area contributed by atoms with Gasteiger partial charge in [-0.2, -0.15) is 0 Å². The molecule has 2 N–H and O–H groups in total. The number of amides is 1. The van der Waals surface area contributed by atoms with Gasteiger partial charge in [0.25, 0.3) is 0 Å². The Labute approximate surface area is 115 Å². The average Bonchev–Trinajstić information content (AvgIpc) is 2.41. The molecule has 1 aromatic rings. The minimum atomic E-state index is -0.885. The van der Waals surface area contributed by atoms with Crippen LogP contribution in [0.15, 0.2) is 23.1 Å². The van der Waals surface area contributed by atoms with Crippen molar-refractivity contribution in [3.05, 3.63) is 29.8 Å². The van der Waals surface area contributed by atoms with Gasteiger partial charge in [0, 0.05) is 10.9 Å². The van der Waals surface area contributed by atoms with Crippen molar-refractivity contribution in [2.24, 2.45) is 0 Å². The van der Waals surface area contributed by atoms with Gasteiger partial charge in [-0.1, -0.05) is 0 Å². The van der Waals surface area contributed by atoms with Gasteiger partial charge in [0.2, 0.25) is 5.91 Å². The largest absolute Gasteiger partial charge is 0.353 e. The standard InChI is InChI=1S/C13H16F2N2OS/c14-11-2-1-10(7-12(11)15)19-8-13(18)17-9-3-5-16-6-4-9/h1-2,7,9,16H,3-6,8H2,(H,17,18). The summed E-state index contributed by atoms with van der Waals surface area (Å²) in [5.74, 6) is -1.61. The zero-order valence-electron chi connectivity index (χ0n) is 10.4. The summed E-state index contributed by atoms with van der Waals surface area (Å²) in [5, 5.41) is 6.17. The van der Waals surface area contributed by atoms with E-state index in [4.69, 9.17) is 0 Å². The summed E-state index contributed by atoms with van der Waals surface area (Å²) >= 11 is 1.21. The highest BCUT2D eigenvalue weighted by atomic mass is 32.2. The number of thioether (sulfide) groups is 1. The molecule has 6 heteroatoms. The molecule has 0 aliphatic carbocycles. The Morgan fingerprint density at radius 2 is 2.05 bits per heavy atom. The van der Waals surface area contributed by atoms with Crippen LogP contribution in [0.25, 0.3) is 0 Å². The molecule has 0 saturated carbocycles. The van der Waals surface area contributed by atoms with Crippen LogP contribution in [-0.4, -0.2) is 30.8 Å². The summed E-state index contributed by atoms with van der Waals surface area (Å²) in [7, 11) is 0. The lowest BCUT2D eigenvalue weighted by Gasteiger charge is -2.23. The summed E-state index contributed by atoms with van der Waals surface area (Å²) in [6.45, 7) is 1.84. The second-order valence-corrected chi connectivity index (χ2v) is 5.51. The second-order valence-electron chi connectivity index (χ2n) is 4.46. The molecule has 1 fully saturated rings. The van der Waals surface area contributed by atoms with Gasteiger partial charge >= 0.3 is 0 Å². The molecule has 1 saturated heterocycles. The summed E-state index contributed by atoms with van der Waals surface area (Å²) in [6.07, 6.45) is 1.86. The van der Waals surface area contributed by atoms with E-state index in [0.717, 1.165) is 38.1 Å². The van der Waals surface area contributed by atoms with E-state index in [2.05, 4.69) is 10.6 Å². The average molecular weight is 286 g/mol. The van der Waals surface area contributed by atoms with E-state index in [0.29, 0.717) is 4.90 Å². The fraction of sp³-hybridized carbons (Fsp3) is 0.462. The Balaban J connectivity index is 1.77. The van der Waals surface area contributed by atoms with Crippen molar-refractivity contribution in [1.29, 1.82) is 0 Å². The Kier molecular flexibility index (Phi) is 5.15. The van der Waals surface area contributed by atoms with Gasteiger partial charge in [-0.3, -0.25) is 4.79 Å². The molecule has 0 spiro atoms. The normalized spacial score (nSPS) is 16.3. The van der Waals surface area contributed by atoms with E-state index in [1.165, 1.54) is 17.8 Å². The maximum absolute atomic E-state index is 13.0.